The van der Waals surface area contributed by atoms with Gasteiger partial charge in [0.2, 0.25) is 5.91 Å². The molecule has 2 aromatic heterocycles. The molecule has 0 aliphatic carbocycles. The summed E-state index contributed by atoms with van der Waals surface area (Å²) in [5.74, 6) is -0.450. The predicted molar refractivity (Wildman–Crippen MR) is 126 cm³/mol. The summed E-state index contributed by atoms with van der Waals surface area (Å²) in [6, 6.07) is 15.4. The van der Waals surface area contributed by atoms with E-state index < -0.39 is 4.92 Å². The van der Waals surface area contributed by atoms with Crippen LogP contribution in [0.1, 0.15) is 5.69 Å². The molecule has 0 saturated carbocycles. The largest absolute Gasteiger partial charge is 0.325 e. The van der Waals surface area contributed by atoms with Gasteiger partial charge in [-0.15, -0.1) is 21.5 Å². The Labute approximate surface area is 196 Å². The summed E-state index contributed by atoms with van der Waals surface area (Å²) in [6.07, 6.45) is 0. The van der Waals surface area contributed by atoms with Crippen molar-refractivity contribution >= 4 is 40.4 Å². The molecule has 2 aromatic carbocycles. The van der Waals surface area contributed by atoms with E-state index in [9.17, 15) is 19.3 Å². The summed E-state index contributed by atoms with van der Waals surface area (Å²) in [5.41, 5.74) is 2.73. The number of nitrogens with one attached hydrogen (secondary N) is 1. The molecular formula is C22H16FN5O3S2. The molecule has 0 aliphatic rings. The maximum absolute atomic E-state index is 13.2. The van der Waals surface area contributed by atoms with Crippen LogP contribution >= 0.6 is 23.1 Å². The first-order valence-electron chi connectivity index (χ1n) is 9.63. The second-order valence-corrected chi connectivity index (χ2v) is 8.83. The number of anilines is 1. The van der Waals surface area contributed by atoms with Crippen LogP contribution in [0.3, 0.4) is 0 Å². The number of nitrogens with zero attached hydrogens (tertiary/aromatic N) is 4. The van der Waals surface area contributed by atoms with E-state index in [1.165, 1.54) is 59.5 Å². The number of aromatic nitrogens is 3. The van der Waals surface area contributed by atoms with Crippen LogP contribution in [0, 0.1) is 22.9 Å². The number of carbonyl (C=O) groups excluding carboxylic acids is 1. The molecule has 11 heteroatoms. The van der Waals surface area contributed by atoms with Crippen LogP contribution < -0.4 is 5.32 Å². The Morgan fingerprint density at radius 2 is 1.82 bits per heavy atom. The Balaban J connectivity index is 1.37. The van der Waals surface area contributed by atoms with E-state index >= 15 is 0 Å². The predicted octanol–water partition coefficient (Wildman–Crippen LogP) is 5.35. The maximum atomic E-state index is 13.2. The van der Waals surface area contributed by atoms with Crippen molar-refractivity contribution in [3.8, 4) is 21.1 Å². The molecule has 0 atom stereocenters. The topological polar surface area (TPSA) is 111 Å². The summed E-state index contributed by atoms with van der Waals surface area (Å²) >= 11 is 2.68. The van der Waals surface area contributed by atoms with Gasteiger partial charge in [-0.25, -0.2) is 9.37 Å². The number of hydrogen-bond donors (Lipinski definition) is 1. The second-order valence-electron chi connectivity index (χ2n) is 6.84. The normalized spacial score (nSPS) is 10.7. The van der Waals surface area contributed by atoms with Gasteiger partial charge in [0, 0.05) is 23.4 Å². The van der Waals surface area contributed by atoms with Gasteiger partial charge in [-0.2, -0.15) is 0 Å². The van der Waals surface area contributed by atoms with E-state index in [4.69, 9.17) is 0 Å². The third-order valence-corrected chi connectivity index (χ3v) is 6.62. The zero-order valence-electron chi connectivity index (χ0n) is 17.2. The van der Waals surface area contributed by atoms with Crippen molar-refractivity contribution in [3.05, 3.63) is 82.3 Å². The van der Waals surface area contributed by atoms with Crippen molar-refractivity contribution in [1.29, 1.82) is 0 Å². The number of thioether (sulfide) groups is 1. The standard InChI is InChI=1S/C22H16FN5O3S2/c1-13-21(33-22(24-13)14-2-4-15(23)5-3-14)18-10-11-20(27-26-18)32-12-19(29)25-16-6-8-17(9-7-16)28(30)31/h2-11H,12H2,1H3,(H,25,29). The fourth-order valence-corrected chi connectivity index (χ4v) is 4.52. The molecule has 0 fully saturated rings. The summed E-state index contributed by atoms with van der Waals surface area (Å²) in [6.45, 7) is 1.88. The summed E-state index contributed by atoms with van der Waals surface area (Å²) < 4.78 is 13.2. The van der Waals surface area contributed by atoms with Gasteiger partial charge in [0.1, 0.15) is 21.5 Å². The highest BCUT2D eigenvalue weighted by molar-refractivity contribution is 7.99. The van der Waals surface area contributed by atoms with Gasteiger partial charge in [0.05, 0.1) is 21.2 Å². The SMILES string of the molecule is Cc1nc(-c2ccc(F)cc2)sc1-c1ccc(SCC(=O)Nc2ccc([N+](=O)[O-])cc2)nn1. The first kappa shape index (κ1) is 22.5. The lowest BCUT2D eigenvalue weighted by molar-refractivity contribution is -0.384. The number of aryl methyl sites for hydroxylation is 1. The molecule has 1 amide bonds. The second kappa shape index (κ2) is 9.84. The number of nitro benzene ring substituents is 1. The molecule has 0 unspecified atom stereocenters. The van der Waals surface area contributed by atoms with Gasteiger partial charge in [0.25, 0.3) is 5.69 Å². The molecule has 1 N–H and O–H groups in total. The van der Waals surface area contributed by atoms with E-state index in [1.807, 2.05) is 13.0 Å². The minimum Gasteiger partial charge on any atom is -0.325 e. The smallest absolute Gasteiger partial charge is 0.269 e. The van der Waals surface area contributed by atoms with E-state index in [2.05, 4.69) is 20.5 Å². The Morgan fingerprint density at radius 3 is 2.45 bits per heavy atom. The zero-order valence-corrected chi connectivity index (χ0v) is 18.8. The molecule has 0 bridgehead atoms. The Hall–Kier alpha value is -3.70. The van der Waals surface area contributed by atoms with Crippen LogP contribution in [0.15, 0.2) is 65.7 Å². The molecule has 166 valence electrons. The van der Waals surface area contributed by atoms with E-state index in [1.54, 1.807) is 18.2 Å². The van der Waals surface area contributed by atoms with E-state index in [0.717, 1.165) is 21.1 Å². The van der Waals surface area contributed by atoms with Gasteiger partial charge in [-0.3, -0.25) is 14.9 Å². The molecule has 0 radical (unpaired) electrons. The number of rotatable bonds is 7. The third-order valence-electron chi connectivity index (χ3n) is 4.47. The van der Waals surface area contributed by atoms with Gasteiger partial charge < -0.3 is 5.32 Å². The highest BCUT2D eigenvalue weighted by Gasteiger charge is 2.14. The van der Waals surface area contributed by atoms with E-state index in [0.29, 0.717) is 16.4 Å². The number of halogens is 1. The molecule has 4 aromatic rings. The molecular weight excluding hydrogens is 465 g/mol. The lowest BCUT2D eigenvalue weighted by atomic mass is 10.2. The first-order valence-corrected chi connectivity index (χ1v) is 11.4. The van der Waals surface area contributed by atoms with Crippen LogP contribution in [0.4, 0.5) is 15.8 Å². The molecule has 33 heavy (non-hydrogen) atoms. The number of carbonyl (C=O) groups is 1. The monoisotopic (exact) mass is 481 g/mol. The van der Waals surface area contributed by atoms with Crippen molar-refractivity contribution < 1.29 is 14.1 Å². The molecule has 4 rings (SSSR count). The van der Waals surface area contributed by atoms with Gasteiger partial charge in [0.15, 0.2) is 0 Å². The minimum absolute atomic E-state index is 0.0429. The van der Waals surface area contributed by atoms with Crippen molar-refractivity contribution in [2.45, 2.75) is 11.9 Å². The highest BCUT2D eigenvalue weighted by Crippen LogP contribution is 2.34. The fraction of sp³-hybridized carbons (Fsp3) is 0.0909. The summed E-state index contributed by atoms with van der Waals surface area (Å²) in [4.78, 5) is 27.8. The average Bonchev–Trinajstić information content (AvgIpc) is 3.20. The summed E-state index contributed by atoms with van der Waals surface area (Å²) in [5, 5.41) is 23.2. The lowest BCUT2D eigenvalue weighted by Crippen LogP contribution is -2.14. The van der Waals surface area contributed by atoms with Crippen LogP contribution in [0.25, 0.3) is 21.1 Å². The maximum Gasteiger partial charge on any atom is 0.269 e. The Bertz CT molecular complexity index is 1290. The fourth-order valence-electron chi connectivity index (χ4n) is 2.87. The van der Waals surface area contributed by atoms with Gasteiger partial charge in [-0.1, -0.05) is 11.8 Å². The highest BCUT2D eigenvalue weighted by atomic mass is 32.2. The molecule has 2 heterocycles. The van der Waals surface area contributed by atoms with Crippen molar-refractivity contribution in [3.63, 3.8) is 0 Å². The van der Waals surface area contributed by atoms with Gasteiger partial charge in [-0.05, 0) is 55.5 Å². The van der Waals surface area contributed by atoms with Crippen molar-refractivity contribution in [2.75, 3.05) is 11.1 Å². The number of non-ortho nitro benzene ring substituents is 1. The molecule has 0 aliphatic heterocycles. The Kier molecular flexibility index (Phi) is 6.71. The number of thiazole rings is 1. The first-order chi connectivity index (χ1) is 15.9. The number of nitro groups is 1. The number of amides is 1. The average molecular weight is 482 g/mol. The van der Waals surface area contributed by atoms with Crippen molar-refractivity contribution in [2.24, 2.45) is 0 Å². The van der Waals surface area contributed by atoms with Crippen LogP contribution in [0.5, 0.6) is 0 Å². The van der Waals surface area contributed by atoms with Gasteiger partial charge >= 0.3 is 0 Å². The number of hydrogen-bond acceptors (Lipinski definition) is 8. The van der Waals surface area contributed by atoms with E-state index in [-0.39, 0.29) is 23.2 Å². The van der Waals surface area contributed by atoms with Crippen LogP contribution in [-0.4, -0.2) is 31.8 Å². The number of benzene rings is 2. The van der Waals surface area contributed by atoms with Crippen molar-refractivity contribution in [1.82, 2.24) is 15.2 Å². The van der Waals surface area contributed by atoms with Crippen LogP contribution in [-0.2, 0) is 4.79 Å². The molecule has 8 nitrogen and oxygen atoms in total. The summed E-state index contributed by atoms with van der Waals surface area (Å²) in [7, 11) is 0. The molecule has 0 saturated heterocycles. The Morgan fingerprint density at radius 1 is 1.09 bits per heavy atom. The minimum atomic E-state index is -0.499. The quantitative estimate of drug-likeness (QED) is 0.215. The zero-order chi connectivity index (χ0) is 23.4. The molecule has 0 spiro atoms. The lowest BCUT2D eigenvalue weighted by Gasteiger charge is -2.05. The van der Waals surface area contributed by atoms with Crippen LogP contribution in [0.2, 0.25) is 0 Å². The third kappa shape index (κ3) is 5.57.